The van der Waals surface area contributed by atoms with E-state index in [9.17, 15) is 28.6 Å². The van der Waals surface area contributed by atoms with Crippen molar-refractivity contribution in [3.05, 3.63) is 74.3 Å². The predicted octanol–water partition coefficient (Wildman–Crippen LogP) is 2.94. The molecule has 1 fully saturated rings. The molecule has 0 bridgehead atoms. The molecule has 26 heavy (non-hydrogen) atoms. The summed E-state index contributed by atoms with van der Waals surface area (Å²) in [7, 11) is -3.85. The van der Waals surface area contributed by atoms with Gasteiger partial charge in [0.1, 0.15) is 0 Å². The summed E-state index contributed by atoms with van der Waals surface area (Å²) in [5.74, 6) is 0.577. The van der Waals surface area contributed by atoms with Crippen molar-refractivity contribution in [3.8, 4) is 0 Å². The van der Waals surface area contributed by atoms with Crippen LogP contribution in [0.25, 0.3) is 0 Å². The lowest BCUT2D eigenvalue weighted by atomic mass is 10.2. The van der Waals surface area contributed by atoms with Crippen molar-refractivity contribution in [3.63, 3.8) is 0 Å². The van der Waals surface area contributed by atoms with E-state index < -0.39 is 25.2 Å². The summed E-state index contributed by atoms with van der Waals surface area (Å²) in [5.41, 5.74) is 0.386. The van der Waals surface area contributed by atoms with Gasteiger partial charge in [0.2, 0.25) is 10.0 Å². The Labute approximate surface area is 153 Å². The van der Waals surface area contributed by atoms with Gasteiger partial charge in [0.25, 0.3) is 11.4 Å². The second kappa shape index (κ2) is 7.02. The second-order valence-corrected chi connectivity index (χ2v) is 8.52. The van der Waals surface area contributed by atoms with Crippen molar-refractivity contribution in [1.82, 2.24) is 4.31 Å². The molecule has 0 aliphatic carbocycles. The van der Waals surface area contributed by atoms with Gasteiger partial charge in [-0.2, -0.15) is 4.31 Å². The van der Waals surface area contributed by atoms with Gasteiger partial charge in [-0.25, -0.2) is 8.42 Å². The van der Waals surface area contributed by atoms with Gasteiger partial charge < -0.3 is 0 Å². The maximum absolute atomic E-state index is 12.9. The fraction of sp³-hybridized carbons (Fsp3) is 0.200. The number of hydrogen-bond donors (Lipinski definition) is 0. The molecule has 0 saturated carbocycles. The molecule has 0 N–H and O–H groups in total. The topological polar surface area (TPSA) is 124 Å². The monoisotopic (exact) mass is 395 g/mol. The molecule has 1 atom stereocenters. The quantitative estimate of drug-likeness (QED) is 0.563. The lowest BCUT2D eigenvalue weighted by Crippen LogP contribution is -2.30. The van der Waals surface area contributed by atoms with Crippen LogP contribution in [0.5, 0.6) is 0 Å². The zero-order chi connectivity index (χ0) is 18.9. The summed E-state index contributed by atoms with van der Waals surface area (Å²) in [5, 5.41) is 21.0. The van der Waals surface area contributed by atoms with Crippen LogP contribution < -0.4 is 0 Å². The minimum atomic E-state index is -3.85. The molecule has 1 saturated heterocycles. The number of thioether (sulfide) groups is 1. The van der Waals surface area contributed by atoms with Crippen LogP contribution in [0.2, 0.25) is 0 Å². The third-order valence-electron chi connectivity index (χ3n) is 3.89. The number of hydrogen-bond acceptors (Lipinski definition) is 7. The number of nitrogens with zero attached hydrogens (tertiary/aromatic N) is 3. The number of nitro benzene ring substituents is 2. The highest BCUT2D eigenvalue weighted by Crippen LogP contribution is 2.41. The average molecular weight is 395 g/mol. The van der Waals surface area contributed by atoms with Crippen molar-refractivity contribution >= 4 is 33.2 Å². The minimum Gasteiger partial charge on any atom is -0.258 e. The Hall–Kier alpha value is -2.50. The molecule has 9 nitrogen and oxygen atoms in total. The standard InChI is InChI=1S/C15H13N3O6S2/c19-17(20)12-3-1-11(2-4-12)15-16(9-10-25-15)26(23,24)14-7-5-13(6-8-14)18(21)22/h1-8,15H,9-10H2/t15-/m1/s1. The lowest BCUT2D eigenvalue weighted by molar-refractivity contribution is -0.385. The summed E-state index contributed by atoms with van der Waals surface area (Å²) in [6, 6.07) is 10.5. The van der Waals surface area contributed by atoms with Crippen molar-refractivity contribution < 1.29 is 18.3 Å². The second-order valence-electron chi connectivity index (χ2n) is 5.44. The zero-order valence-electron chi connectivity index (χ0n) is 13.2. The third-order valence-corrected chi connectivity index (χ3v) is 7.16. The first-order valence-corrected chi connectivity index (χ1v) is 9.92. The largest absolute Gasteiger partial charge is 0.269 e. The van der Waals surface area contributed by atoms with Crippen LogP contribution in [-0.2, 0) is 10.0 Å². The molecule has 1 aliphatic heterocycles. The molecule has 11 heteroatoms. The summed E-state index contributed by atoms with van der Waals surface area (Å²) < 4.78 is 27.1. The molecule has 1 heterocycles. The third kappa shape index (κ3) is 3.41. The summed E-state index contributed by atoms with van der Waals surface area (Å²) in [6.07, 6.45) is 0. The van der Waals surface area contributed by atoms with E-state index in [-0.39, 0.29) is 22.8 Å². The fourth-order valence-corrected chi connectivity index (χ4v) is 5.84. The maximum Gasteiger partial charge on any atom is 0.269 e. The van der Waals surface area contributed by atoms with Gasteiger partial charge in [0.05, 0.1) is 20.1 Å². The fourth-order valence-electron chi connectivity index (χ4n) is 2.60. The first kappa shape index (κ1) is 18.3. The van der Waals surface area contributed by atoms with Crippen LogP contribution in [0, 0.1) is 20.2 Å². The van der Waals surface area contributed by atoms with Crippen LogP contribution in [0.3, 0.4) is 0 Å². The first-order valence-electron chi connectivity index (χ1n) is 7.43. The normalized spacial score (nSPS) is 17.9. The Bertz CT molecular complexity index is 944. The Kier molecular flexibility index (Phi) is 4.94. The van der Waals surface area contributed by atoms with Crippen molar-refractivity contribution in [2.75, 3.05) is 12.3 Å². The van der Waals surface area contributed by atoms with E-state index in [4.69, 9.17) is 0 Å². The number of sulfonamides is 1. The van der Waals surface area contributed by atoms with E-state index in [0.29, 0.717) is 11.3 Å². The van der Waals surface area contributed by atoms with Gasteiger partial charge in [-0.15, -0.1) is 11.8 Å². The van der Waals surface area contributed by atoms with E-state index in [1.807, 2.05) is 0 Å². The molecule has 1 aliphatic rings. The van der Waals surface area contributed by atoms with E-state index in [2.05, 4.69) is 0 Å². The number of non-ortho nitro benzene ring substituents is 2. The molecule has 0 aromatic heterocycles. The Morgan fingerprint density at radius 3 is 1.92 bits per heavy atom. The minimum absolute atomic E-state index is 0.0301. The van der Waals surface area contributed by atoms with Gasteiger partial charge in [0.15, 0.2) is 0 Å². The molecule has 2 aromatic carbocycles. The van der Waals surface area contributed by atoms with Gasteiger partial charge >= 0.3 is 0 Å². The SMILES string of the molecule is O=[N+]([O-])c1ccc([C@H]2SCCN2S(=O)(=O)c2ccc([N+](=O)[O-])cc2)cc1. The van der Waals surface area contributed by atoms with Gasteiger partial charge in [-0.05, 0) is 29.8 Å². The average Bonchev–Trinajstić information content (AvgIpc) is 3.12. The lowest BCUT2D eigenvalue weighted by Gasteiger charge is -2.23. The summed E-state index contributed by atoms with van der Waals surface area (Å²) in [4.78, 5) is 20.3. The number of nitro groups is 2. The Balaban J connectivity index is 1.90. The smallest absolute Gasteiger partial charge is 0.258 e. The molecular weight excluding hydrogens is 382 g/mol. The van der Waals surface area contributed by atoms with E-state index in [1.54, 1.807) is 12.1 Å². The van der Waals surface area contributed by atoms with Crippen LogP contribution in [0.1, 0.15) is 10.9 Å². The first-order chi connectivity index (χ1) is 12.3. The highest BCUT2D eigenvalue weighted by Gasteiger charge is 2.37. The molecule has 0 unspecified atom stereocenters. The molecule has 136 valence electrons. The molecular formula is C15H13N3O6S2. The number of rotatable bonds is 5. The van der Waals surface area contributed by atoms with Gasteiger partial charge in [-0.1, -0.05) is 0 Å². The van der Waals surface area contributed by atoms with Gasteiger partial charge in [-0.3, -0.25) is 20.2 Å². The summed E-state index contributed by atoms with van der Waals surface area (Å²) >= 11 is 1.42. The molecule has 3 rings (SSSR count). The Morgan fingerprint density at radius 2 is 1.42 bits per heavy atom. The van der Waals surface area contributed by atoms with Crippen molar-refractivity contribution in [1.29, 1.82) is 0 Å². The van der Waals surface area contributed by atoms with Crippen molar-refractivity contribution in [2.24, 2.45) is 0 Å². The van der Waals surface area contributed by atoms with Crippen LogP contribution in [-0.4, -0.2) is 34.9 Å². The van der Waals surface area contributed by atoms with Crippen LogP contribution in [0.4, 0.5) is 11.4 Å². The number of benzene rings is 2. The highest BCUT2D eigenvalue weighted by molar-refractivity contribution is 8.01. The predicted molar refractivity (Wildman–Crippen MR) is 95.3 cm³/mol. The van der Waals surface area contributed by atoms with Crippen molar-refractivity contribution in [2.45, 2.75) is 10.3 Å². The van der Waals surface area contributed by atoms with E-state index in [0.717, 1.165) is 12.1 Å². The van der Waals surface area contributed by atoms with Gasteiger partial charge in [0, 0.05) is 36.6 Å². The Morgan fingerprint density at radius 1 is 0.923 bits per heavy atom. The molecule has 0 spiro atoms. The molecule has 2 aromatic rings. The molecule has 0 amide bonds. The van der Waals surface area contributed by atoms with Crippen LogP contribution >= 0.6 is 11.8 Å². The maximum atomic E-state index is 12.9. The highest BCUT2D eigenvalue weighted by atomic mass is 32.2. The van der Waals surface area contributed by atoms with Crippen LogP contribution in [0.15, 0.2) is 53.4 Å². The van der Waals surface area contributed by atoms with E-state index >= 15 is 0 Å². The summed E-state index contributed by atoms with van der Waals surface area (Å²) in [6.45, 7) is 0.283. The zero-order valence-corrected chi connectivity index (χ0v) is 14.9. The van der Waals surface area contributed by atoms with E-state index in [1.165, 1.54) is 40.3 Å². The molecule has 0 radical (unpaired) electrons.